The minimum absolute atomic E-state index is 0.239. The molecule has 94 valence electrons. The van der Waals surface area contributed by atoms with Crippen molar-refractivity contribution in [3.8, 4) is 0 Å². The van der Waals surface area contributed by atoms with Gasteiger partial charge in [-0.3, -0.25) is 0 Å². The van der Waals surface area contributed by atoms with Crippen molar-refractivity contribution in [3.05, 3.63) is 68.4 Å². The molecule has 0 N–H and O–H groups in total. The maximum absolute atomic E-state index is 13.0. The lowest BCUT2D eigenvalue weighted by Gasteiger charge is -2.14. The number of rotatable bonds is 2. The van der Waals surface area contributed by atoms with Gasteiger partial charge in [-0.05, 0) is 41.5 Å². The van der Waals surface area contributed by atoms with Crippen LogP contribution in [0.1, 0.15) is 16.0 Å². The zero-order chi connectivity index (χ0) is 13.3. The number of hydrogen-bond acceptors (Lipinski definition) is 0. The van der Waals surface area contributed by atoms with Gasteiger partial charge in [-0.25, -0.2) is 4.39 Å². The summed E-state index contributed by atoms with van der Waals surface area (Å²) in [5.41, 5.74) is 1.53. The summed E-state index contributed by atoms with van der Waals surface area (Å²) in [7, 11) is 0. The van der Waals surface area contributed by atoms with E-state index in [1.54, 1.807) is 24.3 Å². The van der Waals surface area contributed by atoms with E-state index in [-0.39, 0.29) is 10.6 Å². The van der Waals surface area contributed by atoms with Crippen molar-refractivity contribution in [1.82, 2.24) is 0 Å². The molecule has 1 atom stereocenters. The van der Waals surface area contributed by atoms with E-state index in [2.05, 4.69) is 15.9 Å². The van der Waals surface area contributed by atoms with Crippen LogP contribution in [0.3, 0.4) is 0 Å². The number of alkyl halides is 1. The Labute approximate surface area is 128 Å². The topological polar surface area (TPSA) is 0 Å². The van der Waals surface area contributed by atoms with Crippen molar-refractivity contribution in [2.24, 2.45) is 0 Å². The van der Waals surface area contributed by atoms with Gasteiger partial charge in [0.05, 0.1) is 4.83 Å². The fourth-order valence-electron chi connectivity index (χ4n) is 1.58. The van der Waals surface area contributed by atoms with Gasteiger partial charge in [0.15, 0.2) is 0 Å². The summed E-state index contributed by atoms with van der Waals surface area (Å²) in [6.45, 7) is 0. The lowest BCUT2D eigenvalue weighted by Crippen LogP contribution is -1.95. The van der Waals surface area contributed by atoms with E-state index in [9.17, 15) is 4.39 Å². The van der Waals surface area contributed by atoms with Crippen LogP contribution in [0, 0.1) is 5.82 Å². The van der Waals surface area contributed by atoms with Gasteiger partial charge in [0.2, 0.25) is 0 Å². The van der Waals surface area contributed by atoms with E-state index < -0.39 is 0 Å². The molecule has 0 heterocycles. The Kier molecular flexibility index (Phi) is 4.54. The highest BCUT2D eigenvalue weighted by Gasteiger charge is 2.17. The highest BCUT2D eigenvalue weighted by atomic mass is 79.9. The van der Waals surface area contributed by atoms with Crippen molar-refractivity contribution < 1.29 is 4.39 Å². The molecule has 0 bridgehead atoms. The van der Waals surface area contributed by atoms with Crippen LogP contribution in [0.4, 0.5) is 4.39 Å². The zero-order valence-electron chi connectivity index (χ0n) is 8.93. The van der Waals surface area contributed by atoms with Gasteiger partial charge in [-0.1, -0.05) is 56.8 Å². The Morgan fingerprint density at radius 2 is 1.61 bits per heavy atom. The average Bonchev–Trinajstić information content (AvgIpc) is 2.31. The molecule has 0 saturated heterocycles. The molecule has 0 radical (unpaired) electrons. The molecule has 1 unspecified atom stereocenters. The molecule has 0 nitrogen and oxygen atoms in total. The minimum Gasteiger partial charge on any atom is -0.207 e. The monoisotopic (exact) mass is 366 g/mol. The van der Waals surface area contributed by atoms with E-state index >= 15 is 0 Å². The molecule has 0 aliphatic heterocycles. The molecule has 0 amide bonds. The van der Waals surface area contributed by atoms with Crippen LogP contribution >= 0.6 is 50.7 Å². The van der Waals surface area contributed by atoms with E-state index in [0.717, 1.165) is 11.1 Å². The quantitative estimate of drug-likeness (QED) is 0.548. The first-order valence-corrected chi connectivity index (χ1v) is 7.08. The summed E-state index contributed by atoms with van der Waals surface area (Å²) in [4.78, 5) is -0.239. The van der Waals surface area contributed by atoms with Crippen molar-refractivity contribution >= 4 is 50.7 Å². The third kappa shape index (κ3) is 3.00. The first-order valence-electron chi connectivity index (χ1n) is 5.03. The van der Waals surface area contributed by atoms with Crippen LogP contribution in [0.15, 0.2) is 36.4 Å². The van der Waals surface area contributed by atoms with Crippen LogP contribution in [0.5, 0.6) is 0 Å². The van der Waals surface area contributed by atoms with Crippen molar-refractivity contribution in [3.63, 3.8) is 0 Å². The van der Waals surface area contributed by atoms with Gasteiger partial charge in [0.25, 0.3) is 0 Å². The molecule has 0 aliphatic carbocycles. The van der Waals surface area contributed by atoms with Crippen molar-refractivity contribution in [2.75, 3.05) is 0 Å². The highest BCUT2D eigenvalue weighted by molar-refractivity contribution is 9.09. The molecular formula is C13H7BrCl3F. The van der Waals surface area contributed by atoms with Crippen LogP contribution < -0.4 is 0 Å². The summed E-state index contributed by atoms with van der Waals surface area (Å²) >= 11 is 21.6. The third-order valence-corrected chi connectivity index (χ3v) is 4.36. The number of hydrogen-bond donors (Lipinski definition) is 0. The summed E-state index contributed by atoms with van der Waals surface area (Å²) < 4.78 is 13.0. The van der Waals surface area contributed by atoms with Gasteiger partial charge in [-0.15, -0.1) is 0 Å². The number of halogens is 5. The van der Waals surface area contributed by atoms with Gasteiger partial charge in [-0.2, -0.15) is 0 Å². The highest BCUT2D eigenvalue weighted by Crippen LogP contribution is 2.39. The SMILES string of the molecule is Fc1ccc(C(Br)c2cc(Cl)ccc2Cl)c(Cl)c1. The maximum atomic E-state index is 13.0. The summed E-state index contributed by atoms with van der Waals surface area (Å²) in [5.74, 6) is -0.374. The molecule has 18 heavy (non-hydrogen) atoms. The Hall–Kier alpha value is -0.280. The standard InChI is InChI=1S/C13H7BrCl3F/c14-13(9-3-2-8(18)6-12(9)17)10-5-7(15)1-4-11(10)16/h1-6,13H. The molecule has 0 aliphatic rings. The lowest BCUT2D eigenvalue weighted by molar-refractivity contribution is 0.627. The van der Waals surface area contributed by atoms with Gasteiger partial charge < -0.3 is 0 Å². The smallest absolute Gasteiger partial charge is 0.124 e. The van der Waals surface area contributed by atoms with E-state index in [0.29, 0.717) is 15.1 Å². The van der Waals surface area contributed by atoms with Crippen molar-refractivity contribution in [2.45, 2.75) is 4.83 Å². The van der Waals surface area contributed by atoms with Crippen molar-refractivity contribution in [1.29, 1.82) is 0 Å². The zero-order valence-corrected chi connectivity index (χ0v) is 12.8. The predicted octanol–water partition coefficient (Wildman–Crippen LogP) is 6.27. The predicted molar refractivity (Wildman–Crippen MR) is 78.6 cm³/mol. The molecule has 2 rings (SSSR count). The van der Waals surface area contributed by atoms with Crippen LogP contribution in [0.25, 0.3) is 0 Å². The first-order chi connectivity index (χ1) is 8.49. The molecule has 5 heteroatoms. The molecule has 0 aromatic heterocycles. The first kappa shape index (κ1) is 14.1. The second kappa shape index (κ2) is 5.79. The summed E-state index contributed by atoms with van der Waals surface area (Å²) in [6.07, 6.45) is 0. The fraction of sp³-hybridized carbons (Fsp3) is 0.0769. The molecule has 2 aromatic carbocycles. The normalized spacial score (nSPS) is 12.5. The Morgan fingerprint density at radius 3 is 2.28 bits per heavy atom. The van der Waals surface area contributed by atoms with E-state index in [4.69, 9.17) is 34.8 Å². The molecule has 0 fully saturated rings. The van der Waals surface area contributed by atoms with Gasteiger partial charge >= 0.3 is 0 Å². The second-order valence-electron chi connectivity index (χ2n) is 3.69. The lowest BCUT2D eigenvalue weighted by atomic mass is 10.0. The maximum Gasteiger partial charge on any atom is 0.124 e. The Morgan fingerprint density at radius 1 is 0.889 bits per heavy atom. The third-order valence-electron chi connectivity index (χ3n) is 2.47. The molecule has 0 spiro atoms. The molecule has 2 aromatic rings. The fourth-order valence-corrected chi connectivity index (χ4v) is 3.31. The summed E-state index contributed by atoms with van der Waals surface area (Å²) in [5, 5.41) is 1.49. The Balaban J connectivity index is 2.47. The van der Waals surface area contributed by atoms with E-state index in [1.807, 2.05) is 0 Å². The second-order valence-corrected chi connectivity index (χ2v) is 5.86. The number of benzene rings is 2. The largest absolute Gasteiger partial charge is 0.207 e. The van der Waals surface area contributed by atoms with E-state index in [1.165, 1.54) is 12.1 Å². The van der Waals surface area contributed by atoms with Gasteiger partial charge in [0.1, 0.15) is 5.82 Å². The molecular weight excluding hydrogens is 361 g/mol. The van der Waals surface area contributed by atoms with Crippen LogP contribution in [-0.2, 0) is 0 Å². The van der Waals surface area contributed by atoms with Gasteiger partial charge in [0, 0.05) is 15.1 Å². The van der Waals surface area contributed by atoms with Crippen LogP contribution in [-0.4, -0.2) is 0 Å². The average molecular weight is 368 g/mol. The Bertz CT molecular complexity index is 586. The summed E-state index contributed by atoms with van der Waals surface area (Å²) in [6, 6.07) is 9.42. The minimum atomic E-state index is -0.374. The molecule has 0 saturated carbocycles. The van der Waals surface area contributed by atoms with Crippen LogP contribution in [0.2, 0.25) is 15.1 Å².